The first kappa shape index (κ1) is 45.1. The molecule has 2 saturated heterocycles. The normalized spacial score (nSPS) is 16.5. The summed E-state index contributed by atoms with van der Waals surface area (Å²) < 4.78 is 11.0. The number of carbonyl (C=O) groups excluding carboxylic acids is 4. The molecule has 0 saturated carbocycles. The van der Waals surface area contributed by atoms with Crippen LogP contribution in [0.2, 0.25) is 0 Å². The van der Waals surface area contributed by atoms with Gasteiger partial charge < -0.3 is 29.9 Å². The van der Waals surface area contributed by atoms with Crippen LogP contribution >= 0.6 is 0 Å². The van der Waals surface area contributed by atoms with Gasteiger partial charge >= 0.3 is 0 Å². The van der Waals surface area contributed by atoms with E-state index >= 15 is 0 Å². The molecule has 2 aliphatic rings. The molecule has 61 heavy (non-hydrogen) atoms. The number of hydrogen-bond acceptors (Lipinski definition) is 10. The maximum atomic E-state index is 14.1. The van der Waals surface area contributed by atoms with Gasteiger partial charge in [0.25, 0.3) is 11.8 Å². The second-order valence-corrected chi connectivity index (χ2v) is 16.4. The van der Waals surface area contributed by atoms with Gasteiger partial charge in [0.2, 0.25) is 0 Å². The number of ketones is 2. The van der Waals surface area contributed by atoms with Crippen molar-refractivity contribution in [2.75, 3.05) is 97.3 Å². The Bertz CT molecular complexity index is 1940. The fraction of sp³-hybridized carbons (Fsp3) is 0.429. The molecular formula is C49H62N6O6. The number of amides is 2. The largest absolute Gasteiger partial charge is 0.378 e. The minimum atomic E-state index is -0.772. The van der Waals surface area contributed by atoms with Gasteiger partial charge in [-0.05, 0) is 138 Å². The van der Waals surface area contributed by atoms with E-state index in [2.05, 4.69) is 20.4 Å². The van der Waals surface area contributed by atoms with Crippen LogP contribution < -0.4 is 20.4 Å². The second-order valence-electron chi connectivity index (χ2n) is 16.4. The van der Waals surface area contributed by atoms with Gasteiger partial charge in [-0.2, -0.15) is 0 Å². The molecule has 0 radical (unpaired) electrons. The number of rotatable bonds is 18. The molecule has 0 bridgehead atoms. The number of anilines is 2. The lowest BCUT2D eigenvalue weighted by Gasteiger charge is -2.38. The van der Waals surface area contributed by atoms with Gasteiger partial charge in [-0.3, -0.25) is 29.0 Å². The average Bonchev–Trinajstić information content (AvgIpc) is 3.30. The summed E-state index contributed by atoms with van der Waals surface area (Å²) in [4.78, 5) is 63.0. The van der Waals surface area contributed by atoms with Gasteiger partial charge in [-0.25, -0.2) is 0 Å². The van der Waals surface area contributed by atoms with Crippen LogP contribution in [-0.4, -0.2) is 132 Å². The van der Waals surface area contributed by atoms with Gasteiger partial charge in [0.1, 0.15) is 0 Å². The molecule has 2 fully saturated rings. The van der Waals surface area contributed by atoms with Crippen LogP contribution in [0.4, 0.5) is 11.4 Å². The third kappa shape index (κ3) is 10.4. The van der Waals surface area contributed by atoms with Crippen molar-refractivity contribution in [1.82, 2.24) is 20.4 Å². The molecule has 4 aromatic rings. The van der Waals surface area contributed by atoms with E-state index in [-0.39, 0.29) is 30.0 Å². The van der Waals surface area contributed by atoms with E-state index in [1.807, 2.05) is 125 Å². The van der Waals surface area contributed by atoms with Crippen molar-refractivity contribution >= 4 is 34.8 Å². The predicted molar refractivity (Wildman–Crippen MR) is 241 cm³/mol. The monoisotopic (exact) mass is 830 g/mol. The molecule has 0 aromatic heterocycles. The van der Waals surface area contributed by atoms with Gasteiger partial charge in [0, 0.05) is 59.8 Å². The zero-order chi connectivity index (χ0) is 43.6. The summed E-state index contributed by atoms with van der Waals surface area (Å²) in [5, 5.41) is 5.56. The first-order valence-corrected chi connectivity index (χ1v) is 21.4. The zero-order valence-electron chi connectivity index (χ0n) is 36.7. The van der Waals surface area contributed by atoms with Gasteiger partial charge in [0.15, 0.2) is 11.6 Å². The summed E-state index contributed by atoms with van der Waals surface area (Å²) in [5.74, 6) is -0.541. The standard InChI is InChI=1S/C49H62N6O6/c1-7-48(52(3)4,44(56)38-17-21-42(22-18-38)54-25-29-60-30-26-54)33-36-9-13-40(14-10-36)46(58)50-35-51-47(59)41-15-11-37(12-16-41)34-49(8-2,53(5)6)45(57)39-19-23-43(24-20-39)55-27-31-61-32-28-55/h9-24H,7-8,25-35H2,1-6H3,(H,50,58)(H,51,59). The van der Waals surface area contributed by atoms with Crippen molar-refractivity contribution in [3.63, 3.8) is 0 Å². The van der Waals surface area contributed by atoms with Crippen molar-refractivity contribution in [1.29, 1.82) is 0 Å². The fourth-order valence-electron chi connectivity index (χ4n) is 8.55. The van der Waals surface area contributed by atoms with Crippen LogP contribution in [0, 0.1) is 0 Å². The maximum absolute atomic E-state index is 14.1. The van der Waals surface area contributed by atoms with E-state index in [0.29, 0.717) is 74.4 Å². The Morgan fingerprint density at radius 3 is 1.11 bits per heavy atom. The fourth-order valence-corrected chi connectivity index (χ4v) is 8.55. The van der Waals surface area contributed by atoms with Crippen LogP contribution in [0.25, 0.3) is 0 Å². The van der Waals surface area contributed by atoms with Crippen LogP contribution in [0.5, 0.6) is 0 Å². The third-order valence-electron chi connectivity index (χ3n) is 12.7. The topological polar surface area (TPSA) is 124 Å². The molecule has 6 rings (SSSR count). The minimum Gasteiger partial charge on any atom is -0.378 e. The molecular weight excluding hydrogens is 769 g/mol. The number of morpholine rings is 2. The summed E-state index contributed by atoms with van der Waals surface area (Å²) in [5.41, 5.74) is 4.72. The van der Waals surface area contributed by atoms with Gasteiger partial charge in [0.05, 0.1) is 44.2 Å². The van der Waals surface area contributed by atoms with Crippen molar-refractivity contribution in [2.24, 2.45) is 0 Å². The first-order chi connectivity index (χ1) is 29.4. The molecule has 2 aliphatic heterocycles. The molecule has 2 heterocycles. The van der Waals surface area contributed by atoms with E-state index in [1.54, 1.807) is 24.3 Å². The number of likely N-dealkylation sites (N-methyl/N-ethyl adjacent to an activating group) is 2. The van der Waals surface area contributed by atoms with Crippen LogP contribution in [0.1, 0.15) is 79.2 Å². The Labute approximate surface area is 361 Å². The van der Waals surface area contributed by atoms with Crippen molar-refractivity contribution < 1.29 is 28.7 Å². The highest BCUT2D eigenvalue weighted by molar-refractivity contribution is 6.04. The smallest absolute Gasteiger partial charge is 0.252 e. The number of hydrogen-bond donors (Lipinski definition) is 2. The summed E-state index contributed by atoms with van der Waals surface area (Å²) in [6.45, 7) is 10.1. The Morgan fingerprint density at radius 1 is 0.508 bits per heavy atom. The first-order valence-electron chi connectivity index (χ1n) is 21.4. The molecule has 2 N–H and O–H groups in total. The highest BCUT2D eigenvalue weighted by Gasteiger charge is 2.41. The molecule has 2 atom stereocenters. The van der Waals surface area contributed by atoms with E-state index < -0.39 is 11.1 Å². The SMILES string of the molecule is CCC(Cc1ccc(C(=O)NCNC(=O)c2ccc(CC(CC)(C(=O)c3ccc(N4CCOCC4)cc3)N(C)C)cc2)cc1)(C(=O)c1ccc(N2CCOCC2)cc1)N(C)C. The molecule has 324 valence electrons. The van der Waals surface area contributed by atoms with Crippen LogP contribution in [0.3, 0.4) is 0 Å². The summed E-state index contributed by atoms with van der Waals surface area (Å²) in [7, 11) is 7.75. The number of Topliss-reactive ketones (excluding diaryl/α,β-unsaturated/α-hetero) is 2. The lowest BCUT2D eigenvalue weighted by molar-refractivity contribution is 0.0661. The molecule has 2 amide bonds. The highest BCUT2D eigenvalue weighted by atomic mass is 16.5. The van der Waals surface area contributed by atoms with Crippen molar-refractivity contribution in [3.05, 3.63) is 130 Å². The summed E-state index contributed by atoms with van der Waals surface area (Å²) in [6.07, 6.45) is 2.17. The van der Waals surface area contributed by atoms with Crippen LogP contribution in [-0.2, 0) is 22.3 Å². The Morgan fingerprint density at radius 2 is 0.820 bits per heavy atom. The number of carbonyl (C=O) groups is 4. The van der Waals surface area contributed by atoms with Crippen LogP contribution in [0.15, 0.2) is 97.1 Å². The third-order valence-corrected chi connectivity index (χ3v) is 12.7. The highest BCUT2D eigenvalue weighted by Crippen LogP contribution is 2.31. The zero-order valence-corrected chi connectivity index (χ0v) is 36.7. The molecule has 12 heteroatoms. The second kappa shape index (κ2) is 20.4. The predicted octanol–water partition coefficient (Wildman–Crippen LogP) is 5.75. The van der Waals surface area contributed by atoms with Crippen molar-refractivity contribution in [3.8, 4) is 0 Å². The average molecular weight is 831 g/mol. The van der Waals surface area contributed by atoms with Crippen molar-refractivity contribution in [2.45, 2.75) is 50.6 Å². The van der Waals surface area contributed by atoms with E-state index in [4.69, 9.17) is 9.47 Å². The number of benzene rings is 4. The summed E-state index contributed by atoms with van der Waals surface area (Å²) >= 11 is 0. The van der Waals surface area contributed by atoms with E-state index in [0.717, 1.165) is 48.7 Å². The van der Waals surface area contributed by atoms with Gasteiger partial charge in [-0.15, -0.1) is 0 Å². The quantitative estimate of drug-likeness (QED) is 0.0948. The molecule has 0 aliphatic carbocycles. The Balaban J connectivity index is 1.02. The number of nitrogens with zero attached hydrogens (tertiary/aromatic N) is 4. The number of nitrogens with one attached hydrogen (secondary N) is 2. The van der Waals surface area contributed by atoms with E-state index in [1.165, 1.54) is 0 Å². The Kier molecular flexibility index (Phi) is 15.1. The molecule has 0 spiro atoms. The lowest BCUT2D eigenvalue weighted by Crippen LogP contribution is -2.52. The molecule has 4 aromatic carbocycles. The molecule has 2 unspecified atom stereocenters. The maximum Gasteiger partial charge on any atom is 0.252 e. The van der Waals surface area contributed by atoms with Gasteiger partial charge in [-0.1, -0.05) is 38.1 Å². The summed E-state index contributed by atoms with van der Waals surface area (Å²) in [6, 6.07) is 30.3. The van der Waals surface area contributed by atoms with E-state index in [9.17, 15) is 19.2 Å². The lowest BCUT2D eigenvalue weighted by atomic mass is 9.80. The molecule has 12 nitrogen and oxygen atoms in total. The number of ether oxygens (including phenoxy) is 2. The Hall–Kier alpha value is -5.40. The minimum absolute atomic E-state index is 0.0555.